The van der Waals surface area contributed by atoms with Crippen molar-refractivity contribution in [3.63, 3.8) is 0 Å². The predicted octanol–water partition coefficient (Wildman–Crippen LogP) is 4.53. The SMILES string of the molecule is C=C(C)c1ccccc1-c1cccc(F)c1. The van der Waals surface area contributed by atoms with Crippen LogP contribution in [0.25, 0.3) is 16.7 Å². The first-order valence-electron chi connectivity index (χ1n) is 5.19. The third kappa shape index (κ3) is 2.03. The van der Waals surface area contributed by atoms with Crippen LogP contribution in [0.15, 0.2) is 55.1 Å². The third-order valence-corrected chi connectivity index (χ3v) is 2.52. The van der Waals surface area contributed by atoms with Gasteiger partial charge in [-0.15, -0.1) is 0 Å². The molecule has 0 saturated carbocycles. The Morgan fingerprint density at radius 3 is 2.50 bits per heavy atom. The van der Waals surface area contributed by atoms with Gasteiger partial charge in [-0.25, -0.2) is 4.39 Å². The lowest BCUT2D eigenvalue weighted by atomic mass is 9.96. The van der Waals surface area contributed by atoms with Crippen molar-refractivity contribution in [2.75, 3.05) is 0 Å². The van der Waals surface area contributed by atoms with E-state index in [2.05, 4.69) is 6.58 Å². The van der Waals surface area contributed by atoms with Crippen molar-refractivity contribution in [1.29, 1.82) is 0 Å². The molecule has 2 aromatic rings. The number of halogens is 1. The van der Waals surface area contributed by atoms with E-state index >= 15 is 0 Å². The Bertz CT molecular complexity index is 526. The molecule has 0 heterocycles. The van der Waals surface area contributed by atoms with Gasteiger partial charge in [0.2, 0.25) is 0 Å². The number of hydrogen-bond acceptors (Lipinski definition) is 0. The molecule has 2 aromatic carbocycles. The normalized spacial score (nSPS) is 10.1. The maximum atomic E-state index is 13.2. The zero-order chi connectivity index (χ0) is 11.5. The van der Waals surface area contributed by atoms with Crippen molar-refractivity contribution in [2.45, 2.75) is 6.92 Å². The highest BCUT2D eigenvalue weighted by molar-refractivity contribution is 5.79. The lowest BCUT2D eigenvalue weighted by Crippen LogP contribution is -1.86. The van der Waals surface area contributed by atoms with Crippen LogP contribution in [0.5, 0.6) is 0 Å². The summed E-state index contributed by atoms with van der Waals surface area (Å²) in [5, 5.41) is 0. The average Bonchev–Trinajstić information content (AvgIpc) is 2.29. The van der Waals surface area contributed by atoms with E-state index in [1.807, 2.05) is 37.3 Å². The van der Waals surface area contributed by atoms with Crippen molar-refractivity contribution in [1.82, 2.24) is 0 Å². The van der Waals surface area contributed by atoms with Gasteiger partial charge in [-0.05, 0) is 35.7 Å². The number of hydrogen-bond donors (Lipinski definition) is 0. The quantitative estimate of drug-likeness (QED) is 0.686. The monoisotopic (exact) mass is 212 g/mol. The van der Waals surface area contributed by atoms with Crippen LogP contribution in [-0.2, 0) is 0 Å². The molecule has 0 radical (unpaired) electrons. The van der Waals surface area contributed by atoms with Gasteiger partial charge in [-0.3, -0.25) is 0 Å². The molecule has 0 saturated heterocycles. The van der Waals surface area contributed by atoms with Gasteiger partial charge < -0.3 is 0 Å². The molecule has 0 N–H and O–H groups in total. The van der Waals surface area contributed by atoms with Crippen LogP contribution in [0.4, 0.5) is 4.39 Å². The molecule has 16 heavy (non-hydrogen) atoms. The average molecular weight is 212 g/mol. The van der Waals surface area contributed by atoms with E-state index in [9.17, 15) is 4.39 Å². The molecule has 1 heteroatoms. The van der Waals surface area contributed by atoms with Gasteiger partial charge in [0.25, 0.3) is 0 Å². The molecule has 0 unspecified atom stereocenters. The summed E-state index contributed by atoms with van der Waals surface area (Å²) in [4.78, 5) is 0. The molecule has 0 nitrogen and oxygen atoms in total. The van der Waals surface area contributed by atoms with Crippen molar-refractivity contribution in [2.24, 2.45) is 0 Å². The zero-order valence-corrected chi connectivity index (χ0v) is 9.20. The molecule has 0 aliphatic carbocycles. The maximum absolute atomic E-state index is 13.2. The first-order chi connectivity index (χ1) is 7.68. The Hall–Kier alpha value is -1.89. The third-order valence-electron chi connectivity index (χ3n) is 2.52. The largest absolute Gasteiger partial charge is 0.207 e. The van der Waals surface area contributed by atoms with Crippen molar-refractivity contribution in [3.8, 4) is 11.1 Å². The minimum absolute atomic E-state index is 0.214. The van der Waals surface area contributed by atoms with E-state index in [-0.39, 0.29) is 5.82 Å². The summed E-state index contributed by atoms with van der Waals surface area (Å²) >= 11 is 0. The molecule has 0 aliphatic rings. The summed E-state index contributed by atoms with van der Waals surface area (Å²) in [5.41, 5.74) is 3.96. The van der Waals surface area contributed by atoms with E-state index in [0.29, 0.717) is 0 Å². The molecule has 0 spiro atoms. The van der Waals surface area contributed by atoms with E-state index in [1.54, 1.807) is 12.1 Å². The Labute approximate surface area is 95.1 Å². The second-order valence-corrected chi connectivity index (χ2v) is 3.84. The highest BCUT2D eigenvalue weighted by Crippen LogP contribution is 2.28. The van der Waals surface area contributed by atoms with E-state index in [4.69, 9.17) is 0 Å². The van der Waals surface area contributed by atoms with Crippen molar-refractivity contribution in [3.05, 3.63) is 66.5 Å². The first kappa shape index (κ1) is 10.6. The number of rotatable bonds is 2. The van der Waals surface area contributed by atoms with Crippen LogP contribution in [0.3, 0.4) is 0 Å². The van der Waals surface area contributed by atoms with Crippen LogP contribution in [0.1, 0.15) is 12.5 Å². The van der Waals surface area contributed by atoms with E-state index in [0.717, 1.165) is 22.3 Å². The maximum Gasteiger partial charge on any atom is 0.123 e. The molecule has 0 fully saturated rings. The molecular weight excluding hydrogens is 199 g/mol. The number of benzene rings is 2. The fraction of sp³-hybridized carbons (Fsp3) is 0.0667. The molecule has 80 valence electrons. The topological polar surface area (TPSA) is 0 Å². The zero-order valence-electron chi connectivity index (χ0n) is 9.20. The van der Waals surface area contributed by atoms with Gasteiger partial charge in [0.1, 0.15) is 5.82 Å². The smallest absolute Gasteiger partial charge is 0.123 e. The molecular formula is C15H13F. The van der Waals surface area contributed by atoms with Crippen LogP contribution < -0.4 is 0 Å². The van der Waals surface area contributed by atoms with Crippen molar-refractivity contribution < 1.29 is 4.39 Å². The fourth-order valence-corrected chi connectivity index (χ4v) is 1.76. The Balaban J connectivity index is 2.60. The van der Waals surface area contributed by atoms with Crippen LogP contribution >= 0.6 is 0 Å². The van der Waals surface area contributed by atoms with Crippen LogP contribution in [0, 0.1) is 5.82 Å². The Morgan fingerprint density at radius 1 is 1.06 bits per heavy atom. The highest BCUT2D eigenvalue weighted by atomic mass is 19.1. The lowest BCUT2D eigenvalue weighted by molar-refractivity contribution is 0.628. The minimum Gasteiger partial charge on any atom is -0.207 e. The van der Waals surface area contributed by atoms with Crippen molar-refractivity contribution >= 4 is 5.57 Å². The van der Waals surface area contributed by atoms with Gasteiger partial charge in [-0.2, -0.15) is 0 Å². The lowest BCUT2D eigenvalue weighted by Gasteiger charge is -2.09. The van der Waals surface area contributed by atoms with E-state index in [1.165, 1.54) is 6.07 Å². The Morgan fingerprint density at radius 2 is 1.81 bits per heavy atom. The standard InChI is InChI=1S/C15H13F/c1-11(2)14-8-3-4-9-15(14)12-6-5-7-13(16)10-12/h3-10H,1H2,2H3. The molecule has 0 aliphatic heterocycles. The summed E-state index contributed by atoms with van der Waals surface area (Å²) in [5.74, 6) is -0.214. The second-order valence-electron chi connectivity index (χ2n) is 3.84. The van der Waals surface area contributed by atoms with E-state index < -0.39 is 0 Å². The summed E-state index contributed by atoms with van der Waals surface area (Å²) in [7, 11) is 0. The summed E-state index contributed by atoms with van der Waals surface area (Å²) in [6, 6.07) is 14.5. The second kappa shape index (κ2) is 4.31. The molecule has 0 atom stereocenters. The minimum atomic E-state index is -0.214. The van der Waals surface area contributed by atoms with Gasteiger partial charge in [0.05, 0.1) is 0 Å². The van der Waals surface area contributed by atoms with Gasteiger partial charge >= 0.3 is 0 Å². The van der Waals surface area contributed by atoms with Gasteiger partial charge in [-0.1, -0.05) is 48.6 Å². The predicted molar refractivity (Wildman–Crippen MR) is 66.5 cm³/mol. The number of allylic oxidation sites excluding steroid dienone is 1. The molecule has 0 bridgehead atoms. The van der Waals surface area contributed by atoms with Gasteiger partial charge in [0, 0.05) is 0 Å². The summed E-state index contributed by atoms with van der Waals surface area (Å²) in [6.45, 7) is 5.90. The van der Waals surface area contributed by atoms with Gasteiger partial charge in [0.15, 0.2) is 0 Å². The van der Waals surface area contributed by atoms with Crippen LogP contribution in [-0.4, -0.2) is 0 Å². The molecule has 0 amide bonds. The first-order valence-corrected chi connectivity index (χ1v) is 5.19. The van der Waals surface area contributed by atoms with Crippen LogP contribution in [0.2, 0.25) is 0 Å². The summed E-state index contributed by atoms with van der Waals surface area (Å²) < 4.78 is 13.2. The fourth-order valence-electron chi connectivity index (χ4n) is 1.76. The Kier molecular flexibility index (Phi) is 2.86. The highest BCUT2D eigenvalue weighted by Gasteiger charge is 2.05. The molecule has 0 aromatic heterocycles. The summed E-state index contributed by atoms with van der Waals surface area (Å²) in [6.07, 6.45) is 0. The molecule has 2 rings (SSSR count).